The monoisotopic (exact) mass is 237 g/mol. The average molecular weight is 237 g/mol. The van der Waals surface area contributed by atoms with Crippen molar-refractivity contribution in [2.24, 2.45) is 0 Å². The first-order valence-corrected chi connectivity index (χ1v) is 5.35. The summed E-state index contributed by atoms with van der Waals surface area (Å²) in [5.41, 5.74) is 0.748. The van der Waals surface area contributed by atoms with Crippen LogP contribution < -0.4 is 4.74 Å². The van der Waals surface area contributed by atoms with Gasteiger partial charge in [0.25, 0.3) is 0 Å². The molecule has 2 aromatic rings. The molecular weight excluding hydrogens is 227 g/mol. The molecule has 3 nitrogen and oxygen atoms in total. The summed E-state index contributed by atoms with van der Waals surface area (Å²) < 4.78 is 4.91. The van der Waals surface area contributed by atoms with E-state index in [-0.39, 0.29) is 17.1 Å². The van der Waals surface area contributed by atoms with Crippen molar-refractivity contribution >= 4 is 19.4 Å². The van der Waals surface area contributed by atoms with E-state index in [2.05, 4.69) is 0 Å². The van der Waals surface area contributed by atoms with Crippen molar-refractivity contribution in [3.8, 4) is 11.5 Å². The number of carbonyl (C=O) groups is 1. The molecule has 0 atom stereocenters. The molecule has 0 aliphatic rings. The molecule has 2 rings (SSSR count). The molecule has 4 heteroatoms. The Kier molecular flexibility index (Phi) is 3.58. The van der Waals surface area contributed by atoms with Gasteiger partial charge in [-0.05, 0) is 0 Å². The molecule has 0 saturated heterocycles. The van der Waals surface area contributed by atoms with Crippen LogP contribution in [-0.4, -0.2) is 24.5 Å². The predicted molar refractivity (Wildman–Crippen MR) is 70.4 cm³/mol. The molecule has 1 N–H and O–H groups in total. The van der Waals surface area contributed by atoms with Gasteiger partial charge in [0.05, 0.1) is 0 Å². The van der Waals surface area contributed by atoms with Crippen molar-refractivity contribution < 1.29 is 14.6 Å². The molecule has 0 saturated carbocycles. The molecular formula is C14H10BO3. The molecule has 2 aromatic carbocycles. The first-order valence-electron chi connectivity index (χ1n) is 5.35. The third kappa shape index (κ3) is 2.48. The number of phenols is 1. The Morgan fingerprint density at radius 3 is 2.50 bits per heavy atom. The summed E-state index contributed by atoms with van der Waals surface area (Å²) in [4.78, 5) is 12.1. The SMILES string of the molecule is [B]=COc1ccc(C(=O)c2ccccc2)c(O)c1. The van der Waals surface area contributed by atoms with E-state index < -0.39 is 0 Å². The third-order valence-corrected chi connectivity index (χ3v) is 2.45. The van der Waals surface area contributed by atoms with E-state index in [9.17, 15) is 9.90 Å². The van der Waals surface area contributed by atoms with Gasteiger partial charge < -0.3 is 0 Å². The fourth-order valence-electron chi connectivity index (χ4n) is 1.60. The second-order valence-electron chi connectivity index (χ2n) is 3.63. The minimum absolute atomic E-state index is 0.136. The van der Waals surface area contributed by atoms with E-state index in [1.165, 1.54) is 12.1 Å². The van der Waals surface area contributed by atoms with Crippen molar-refractivity contribution in [1.29, 1.82) is 0 Å². The second kappa shape index (κ2) is 5.32. The van der Waals surface area contributed by atoms with Crippen LogP contribution >= 0.6 is 0 Å². The number of ether oxygens (including phenoxy) is 1. The zero-order valence-electron chi connectivity index (χ0n) is 9.54. The summed E-state index contributed by atoms with van der Waals surface area (Å²) >= 11 is 0. The molecule has 0 aliphatic heterocycles. The summed E-state index contributed by atoms with van der Waals surface area (Å²) in [5, 5.41) is 9.79. The average Bonchev–Trinajstić information content (AvgIpc) is 2.40. The summed E-state index contributed by atoms with van der Waals surface area (Å²) in [7, 11) is 5.10. The Hall–Kier alpha value is -2.36. The van der Waals surface area contributed by atoms with Crippen molar-refractivity contribution in [2.75, 3.05) is 0 Å². The summed E-state index contributed by atoms with van der Waals surface area (Å²) in [6.45, 7) is 0. The summed E-state index contributed by atoms with van der Waals surface area (Å²) in [6, 6.07) is 13.2. The van der Waals surface area contributed by atoms with Crippen molar-refractivity contribution in [3.05, 3.63) is 59.7 Å². The fourth-order valence-corrected chi connectivity index (χ4v) is 1.60. The van der Waals surface area contributed by atoms with Gasteiger partial charge in [0.2, 0.25) is 0 Å². The van der Waals surface area contributed by atoms with Gasteiger partial charge in [-0.15, -0.1) is 0 Å². The van der Waals surface area contributed by atoms with E-state index in [1.807, 2.05) is 6.07 Å². The number of phenolic OH excluding ortho intramolecular Hbond substituents is 1. The maximum atomic E-state index is 12.1. The van der Waals surface area contributed by atoms with Gasteiger partial charge in [-0.1, -0.05) is 0 Å². The van der Waals surface area contributed by atoms with E-state index in [4.69, 9.17) is 12.2 Å². The minimum atomic E-state index is -0.239. The van der Waals surface area contributed by atoms with Crippen LogP contribution in [0.25, 0.3) is 0 Å². The zero-order valence-corrected chi connectivity index (χ0v) is 9.54. The molecule has 0 aromatic heterocycles. The topological polar surface area (TPSA) is 46.5 Å². The van der Waals surface area contributed by atoms with Crippen LogP contribution in [0.4, 0.5) is 0 Å². The number of hydrogen-bond acceptors (Lipinski definition) is 3. The van der Waals surface area contributed by atoms with Crippen LogP contribution in [0.15, 0.2) is 48.5 Å². The second-order valence-corrected chi connectivity index (χ2v) is 3.63. The van der Waals surface area contributed by atoms with Gasteiger partial charge in [-0.3, -0.25) is 0 Å². The van der Waals surface area contributed by atoms with Crippen molar-refractivity contribution in [1.82, 2.24) is 0 Å². The quantitative estimate of drug-likeness (QED) is 0.652. The summed E-state index contributed by atoms with van der Waals surface area (Å²) in [6.07, 6.45) is 1.01. The van der Waals surface area contributed by atoms with Gasteiger partial charge >= 0.3 is 105 Å². The number of aromatic hydroxyl groups is 1. The van der Waals surface area contributed by atoms with E-state index in [0.29, 0.717) is 11.3 Å². The molecule has 0 aliphatic carbocycles. The van der Waals surface area contributed by atoms with Gasteiger partial charge in [-0.25, -0.2) is 0 Å². The van der Waals surface area contributed by atoms with Crippen LogP contribution in [0, 0.1) is 0 Å². The van der Waals surface area contributed by atoms with Gasteiger partial charge in [0, 0.05) is 0 Å². The van der Waals surface area contributed by atoms with E-state index >= 15 is 0 Å². The molecule has 0 bridgehead atoms. The van der Waals surface area contributed by atoms with Gasteiger partial charge in [0.1, 0.15) is 0 Å². The van der Waals surface area contributed by atoms with Gasteiger partial charge in [0.15, 0.2) is 0 Å². The zero-order chi connectivity index (χ0) is 13.0. The van der Waals surface area contributed by atoms with E-state index in [0.717, 1.165) is 6.15 Å². The number of carbonyl (C=O) groups excluding carboxylic acids is 1. The first-order chi connectivity index (χ1) is 8.72. The van der Waals surface area contributed by atoms with Crippen LogP contribution in [-0.2, 0) is 0 Å². The van der Waals surface area contributed by atoms with E-state index in [1.54, 1.807) is 30.3 Å². The first kappa shape index (κ1) is 12.1. The van der Waals surface area contributed by atoms with Crippen LogP contribution in [0.2, 0.25) is 0 Å². The predicted octanol–water partition coefficient (Wildman–Crippen LogP) is 1.93. The number of benzene rings is 2. The Morgan fingerprint density at radius 1 is 1.17 bits per heavy atom. The molecule has 87 valence electrons. The molecule has 0 spiro atoms. The maximum absolute atomic E-state index is 12.1. The van der Waals surface area contributed by atoms with Gasteiger partial charge in [-0.2, -0.15) is 0 Å². The molecule has 1 radical (unpaired) electrons. The standard InChI is InChI=1S/C14H10BO3/c15-9-18-11-6-7-12(13(16)8-11)14(17)10-4-2-1-3-5-10/h1-9,16H. The number of ketones is 1. The number of hydrogen-bond donors (Lipinski definition) is 1. The molecule has 0 amide bonds. The number of rotatable bonds is 4. The Labute approximate surface area is 106 Å². The third-order valence-electron chi connectivity index (χ3n) is 2.45. The van der Waals surface area contributed by atoms with Crippen LogP contribution in [0.1, 0.15) is 15.9 Å². The fraction of sp³-hybridized carbons (Fsp3) is 0. The van der Waals surface area contributed by atoms with Crippen LogP contribution in [0.3, 0.4) is 0 Å². The normalized spacial score (nSPS) is 9.72. The van der Waals surface area contributed by atoms with Crippen molar-refractivity contribution in [3.63, 3.8) is 0 Å². The Balaban J connectivity index is 2.34. The Bertz CT molecular complexity index is 579. The molecule has 0 heterocycles. The molecule has 18 heavy (non-hydrogen) atoms. The molecule has 0 unspecified atom stereocenters. The van der Waals surface area contributed by atoms with Crippen LogP contribution in [0.5, 0.6) is 11.5 Å². The van der Waals surface area contributed by atoms with Crippen molar-refractivity contribution in [2.45, 2.75) is 0 Å². The Morgan fingerprint density at radius 2 is 1.89 bits per heavy atom. The molecule has 0 fully saturated rings. The summed E-state index contributed by atoms with van der Waals surface area (Å²) in [5.74, 6) is -0.000747.